The number of rotatable bonds is 6. The molecule has 2 aromatic rings. The smallest absolute Gasteiger partial charge is 0.270 e. The average molecular weight is 289 g/mol. The van der Waals surface area contributed by atoms with Crippen molar-refractivity contribution in [1.82, 2.24) is 9.97 Å². The minimum absolute atomic E-state index is 0.0218. The maximum absolute atomic E-state index is 10.9. The van der Waals surface area contributed by atoms with Gasteiger partial charge in [0, 0.05) is 30.1 Å². The quantitative estimate of drug-likeness (QED) is 0.624. The Bertz CT molecular complexity index is 644. The van der Waals surface area contributed by atoms with Crippen molar-refractivity contribution in [2.75, 3.05) is 11.9 Å². The molecule has 0 aliphatic rings. The van der Waals surface area contributed by atoms with Crippen molar-refractivity contribution in [3.8, 4) is 0 Å². The first-order valence-corrected chi connectivity index (χ1v) is 6.87. The molecule has 0 aliphatic carbocycles. The average Bonchev–Trinajstić information content (AvgIpc) is 2.45. The van der Waals surface area contributed by atoms with Crippen LogP contribution in [-0.4, -0.2) is 27.5 Å². The summed E-state index contributed by atoms with van der Waals surface area (Å²) in [7, 11) is 0. The van der Waals surface area contributed by atoms with Crippen molar-refractivity contribution < 1.29 is 4.92 Å². The van der Waals surface area contributed by atoms with Gasteiger partial charge in [-0.25, -0.2) is 9.97 Å². The Morgan fingerprint density at radius 2 is 2.14 bits per heavy atom. The molecule has 2 rings (SSSR count). The number of anilines is 1. The van der Waals surface area contributed by atoms with E-state index in [1.165, 1.54) is 18.5 Å². The third-order valence-corrected chi connectivity index (χ3v) is 3.21. The number of nitro groups is 1. The molecule has 0 aliphatic heterocycles. The van der Waals surface area contributed by atoms with Crippen molar-refractivity contribution in [3.05, 3.63) is 34.6 Å². The highest BCUT2D eigenvalue weighted by Gasteiger charge is 2.14. The number of hydrogen-bond donors (Lipinski definition) is 2. The van der Waals surface area contributed by atoms with Crippen molar-refractivity contribution in [2.24, 2.45) is 11.7 Å². The van der Waals surface area contributed by atoms with Crippen LogP contribution in [0.2, 0.25) is 0 Å². The van der Waals surface area contributed by atoms with Crippen molar-refractivity contribution in [2.45, 2.75) is 26.3 Å². The van der Waals surface area contributed by atoms with Crippen LogP contribution in [0.3, 0.4) is 0 Å². The predicted molar refractivity (Wildman–Crippen MR) is 82.1 cm³/mol. The second-order valence-electron chi connectivity index (χ2n) is 5.39. The molecule has 0 bridgehead atoms. The van der Waals surface area contributed by atoms with Crippen LogP contribution in [0.4, 0.5) is 11.5 Å². The molecule has 0 saturated heterocycles. The van der Waals surface area contributed by atoms with Crippen molar-refractivity contribution in [3.63, 3.8) is 0 Å². The summed E-state index contributed by atoms with van der Waals surface area (Å²) < 4.78 is 0. The zero-order valence-electron chi connectivity index (χ0n) is 12.1. The van der Waals surface area contributed by atoms with Crippen LogP contribution < -0.4 is 11.1 Å². The number of nitrogens with one attached hydrogen (secondary N) is 1. The molecule has 1 aromatic carbocycles. The second-order valence-corrected chi connectivity index (χ2v) is 5.39. The number of fused-ring (bicyclic) bond motifs is 1. The Morgan fingerprint density at radius 3 is 2.76 bits per heavy atom. The Kier molecular flexibility index (Phi) is 4.64. The predicted octanol–water partition coefficient (Wildman–Crippen LogP) is 2.32. The SMILES string of the molecule is CC(C)CC(CN)Nc1ncnc2ccc([N+](=O)[O-])cc12. The van der Waals surface area contributed by atoms with Gasteiger partial charge in [-0.05, 0) is 18.4 Å². The van der Waals surface area contributed by atoms with E-state index in [9.17, 15) is 10.1 Å². The van der Waals surface area contributed by atoms with Gasteiger partial charge in [-0.3, -0.25) is 10.1 Å². The Balaban J connectivity index is 2.38. The summed E-state index contributed by atoms with van der Waals surface area (Å²) in [6.45, 7) is 4.71. The molecule has 0 saturated carbocycles. The molecule has 7 nitrogen and oxygen atoms in total. The van der Waals surface area contributed by atoms with Gasteiger partial charge in [-0.1, -0.05) is 13.8 Å². The molecule has 1 unspecified atom stereocenters. The lowest BCUT2D eigenvalue weighted by Gasteiger charge is -2.20. The van der Waals surface area contributed by atoms with E-state index in [1.54, 1.807) is 6.07 Å². The normalized spacial score (nSPS) is 12.6. The molecule has 0 amide bonds. The topological polar surface area (TPSA) is 107 Å². The van der Waals surface area contributed by atoms with Gasteiger partial charge in [0.1, 0.15) is 12.1 Å². The van der Waals surface area contributed by atoms with Gasteiger partial charge in [-0.15, -0.1) is 0 Å². The molecule has 1 heterocycles. The van der Waals surface area contributed by atoms with Crippen molar-refractivity contribution in [1.29, 1.82) is 0 Å². The number of benzene rings is 1. The maximum Gasteiger partial charge on any atom is 0.270 e. The van der Waals surface area contributed by atoms with Gasteiger partial charge in [0.2, 0.25) is 0 Å². The molecule has 112 valence electrons. The lowest BCUT2D eigenvalue weighted by molar-refractivity contribution is -0.384. The maximum atomic E-state index is 10.9. The minimum atomic E-state index is -0.426. The molecule has 0 radical (unpaired) electrons. The number of non-ortho nitro benzene ring substituents is 1. The first kappa shape index (κ1) is 15.1. The van der Waals surface area contributed by atoms with Gasteiger partial charge in [0.15, 0.2) is 0 Å². The number of nitrogens with zero attached hydrogens (tertiary/aromatic N) is 3. The van der Waals surface area contributed by atoms with Gasteiger partial charge in [0.05, 0.1) is 10.4 Å². The number of nitro benzene ring substituents is 1. The summed E-state index contributed by atoms with van der Waals surface area (Å²) in [5.41, 5.74) is 6.46. The highest BCUT2D eigenvalue weighted by molar-refractivity contribution is 5.90. The molecule has 0 spiro atoms. The Labute approximate surface area is 122 Å². The summed E-state index contributed by atoms with van der Waals surface area (Å²) in [5, 5.41) is 14.8. The third kappa shape index (κ3) is 3.63. The lowest BCUT2D eigenvalue weighted by Crippen LogP contribution is -2.30. The van der Waals surface area contributed by atoms with Crippen LogP contribution in [0.5, 0.6) is 0 Å². The zero-order chi connectivity index (χ0) is 15.4. The molecule has 0 fully saturated rings. The Hall–Kier alpha value is -2.28. The van der Waals surface area contributed by atoms with Crippen LogP contribution in [0.1, 0.15) is 20.3 Å². The fourth-order valence-corrected chi connectivity index (χ4v) is 2.25. The number of aromatic nitrogens is 2. The molecule has 3 N–H and O–H groups in total. The first-order valence-electron chi connectivity index (χ1n) is 6.87. The number of nitrogens with two attached hydrogens (primary N) is 1. The summed E-state index contributed by atoms with van der Waals surface area (Å²) in [6, 6.07) is 4.62. The monoisotopic (exact) mass is 289 g/mol. The molecule has 7 heteroatoms. The van der Waals surface area contributed by atoms with E-state index in [0.29, 0.717) is 29.2 Å². The molecular formula is C14H19N5O2. The summed E-state index contributed by atoms with van der Waals surface area (Å²) >= 11 is 0. The fourth-order valence-electron chi connectivity index (χ4n) is 2.25. The standard InChI is InChI=1S/C14H19N5O2/c1-9(2)5-10(7-15)18-14-12-6-11(19(20)21)3-4-13(12)16-8-17-14/h3-4,6,8-10H,5,7,15H2,1-2H3,(H,16,17,18). The van der Waals surface area contributed by atoms with E-state index in [1.807, 2.05) is 0 Å². The van der Waals surface area contributed by atoms with Gasteiger partial charge in [-0.2, -0.15) is 0 Å². The summed E-state index contributed by atoms with van der Waals surface area (Å²) in [5.74, 6) is 1.08. The van der Waals surface area contributed by atoms with Crippen LogP contribution >= 0.6 is 0 Å². The molecule has 1 atom stereocenters. The third-order valence-electron chi connectivity index (χ3n) is 3.21. The second kappa shape index (κ2) is 6.45. The van der Waals surface area contributed by atoms with E-state index in [-0.39, 0.29) is 11.7 Å². The summed E-state index contributed by atoms with van der Waals surface area (Å²) in [4.78, 5) is 18.8. The van der Waals surface area contributed by atoms with E-state index < -0.39 is 4.92 Å². The van der Waals surface area contributed by atoms with Crippen LogP contribution in [0.25, 0.3) is 10.9 Å². The lowest BCUT2D eigenvalue weighted by atomic mass is 10.0. The van der Waals surface area contributed by atoms with Crippen LogP contribution in [-0.2, 0) is 0 Å². The van der Waals surface area contributed by atoms with E-state index in [4.69, 9.17) is 5.73 Å². The first-order chi connectivity index (χ1) is 10.0. The number of hydrogen-bond acceptors (Lipinski definition) is 6. The van der Waals surface area contributed by atoms with Gasteiger partial charge in [0.25, 0.3) is 5.69 Å². The highest BCUT2D eigenvalue weighted by atomic mass is 16.6. The largest absolute Gasteiger partial charge is 0.365 e. The summed E-state index contributed by atoms with van der Waals surface area (Å²) in [6.07, 6.45) is 2.34. The molecule has 21 heavy (non-hydrogen) atoms. The Morgan fingerprint density at radius 1 is 1.38 bits per heavy atom. The molecule has 1 aromatic heterocycles. The van der Waals surface area contributed by atoms with Crippen molar-refractivity contribution >= 4 is 22.4 Å². The van der Waals surface area contributed by atoms with E-state index in [2.05, 4.69) is 29.1 Å². The highest BCUT2D eigenvalue weighted by Crippen LogP contribution is 2.25. The van der Waals surface area contributed by atoms with Gasteiger partial charge < -0.3 is 11.1 Å². The van der Waals surface area contributed by atoms with E-state index >= 15 is 0 Å². The van der Waals surface area contributed by atoms with Gasteiger partial charge >= 0.3 is 0 Å². The zero-order valence-corrected chi connectivity index (χ0v) is 12.1. The van der Waals surface area contributed by atoms with E-state index in [0.717, 1.165) is 6.42 Å². The van der Waals surface area contributed by atoms with Crippen LogP contribution in [0, 0.1) is 16.0 Å². The fraction of sp³-hybridized carbons (Fsp3) is 0.429. The van der Waals surface area contributed by atoms with Crippen LogP contribution in [0.15, 0.2) is 24.5 Å². The molecular weight excluding hydrogens is 270 g/mol. The minimum Gasteiger partial charge on any atom is -0.365 e.